The highest BCUT2D eigenvalue weighted by Gasteiger charge is 2.45. The van der Waals surface area contributed by atoms with E-state index in [4.69, 9.17) is 11.6 Å². The van der Waals surface area contributed by atoms with E-state index in [9.17, 15) is 20.3 Å². The van der Waals surface area contributed by atoms with Crippen molar-refractivity contribution in [3.8, 4) is 0 Å². The van der Waals surface area contributed by atoms with Gasteiger partial charge in [-0.3, -0.25) is 15.2 Å². The van der Waals surface area contributed by atoms with E-state index in [0.29, 0.717) is 55.0 Å². The standard InChI is InChI=1S/C27H29ClN2O4/c28-24-13-11-21(12-14-24)26(32)15-18-29(19-16-26)20-17-27(25(31)30(33)34,22-7-3-1-4-8-22)23-9-5-2-6-10-23/h1-14,32-34H,15-20H2. The van der Waals surface area contributed by atoms with Crippen LogP contribution in [0.2, 0.25) is 5.02 Å². The van der Waals surface area contributed by atoms with Crippen LogP contribution < -0.4 is 0 Å². The molecule has 0 atom stereocenters. The molecular weight excluding hydrogens is 452 g/mol. The molecule has 3 aromatic rings. The fourth-order valence-electron chi connectivity index (χ4n) is 4.95. The molecule has 178 valence electrons. The maximum absolute atomic E-state index is 13.3. The zero-order valence-electron chi connectivity index (χ0n) is 18.8. The Kier molecular flexibility index (Phi) is 7.36. The van der Waals surface area contributed by atoms with Crippen molar-refractivity contribution in [1.29, 1.82) is 0 Å². The van der Waals surface area contributed by atoms with E-state index in [0.717, 1.165) is 5.56 Å². The lowest BCUT2D eigenvalue weighted by Gasteiger charge is -2.41. The molecule has 0 bridgehead atoms. The van der Waals surface area contributed by atoms with Crippen LogP contribution >= 0.6 is 11.6 Å². The Balaban J connectivity index is 1.57. The Morgan fingerprint density at radius 1 is 0.882 bits per heavy atom. The molecule has 34 heavy (non-hydrogen) atoms. The average molecular weight is 481 g/mol. The lowest BCUT2D eigenvalue weighted by Crippen LogP contribution is -2.49. The minimum absolute atomic E-state index is 0.296. The average Bonchev–Trinajstić information content (AvgIpc) is 2.87. The Hall–Kier alpha value is -2.74. The molecule has 7 heteroatoms. The van der Waals surface area contributed by atoms with Gasteiger partial charge >= 0.3 is 0 Å². The van der Waals surface area contributed by atoms with Crippen LogP contribution in [0, 0.1) is 0 Å². The third kappa shape index (κ3) is 4.87. The molecular formula is C27H29ClN2O4. The Bertz CT molecular complexity index is 1040. The first-order valence-corrected chi connectivity index (χ1v) is 11.8. The van der Waals surface area contributed by atoms with Gasteiger partial charge in [-0.15, -0.1) is 0 Å². The second kappa shape index (κ2) is 10.3. The number of halogens is 1. The monoisotopic (exact) mass is 480 g/mol. The molecule has 0 aromatic heterocycles. The highest BCUT2D eigenvalue weighted by molar-refractivity contribution is 6.30. The summed E-state index contributed by atoms with van der Waals surface area (Å²) in [6.45, 7) is 1.84. The number of hydrogen-bond donors (Lipinski definition) is 3. The van der Waals surface area contributed by atoms with Crippen LogP contribution in [-0.2, 0) is 15.8 Å². The van der Waals surface area contributed by atoms with E-state index in [-0.39, 0.29) is 5.23 Å². The van der Waals surface area contributed by atoms with Crippen LogP contribution in [0.4, 0.5) is 0 Å². The predicted molar refractivity (Wildman–Crippen MR) is 130 cm³/mol. The Morgan fingerprint density at radius 3 is 1.85 bits per heavy atom. The van der Waals surface area contributed by atoms with Crippen molar-refractivity contribution in [2.45, 2.75) is 30.3 Å². The van der Waals surface area contributed by atoms with Gasteiger partial charge in [-0.2, -0.15) is 0 Å². The van der Waals surface area contributed by atoms with E-state index < -0.39 is 16.9 Å². The lowest BCUT2D eigenvalue weighted by molar-refractivity contribution is -0.288. The van der Waals surface area contributed by atoms with Gasteiger partial charge in [0.25, 0.3) is 5.91 Å². The van der Waals surface area contributed by atoms with Crippen LogP contribution in [-0.4, -0.2) is 51.2 Å². The minimum Gasteiger partial charge on any atom is -0.385 e. The number of aliphatic hydroxyl groups is 1. The molecule has 4 rings (SSSR count). The van der Waals surface area contributed by atoms with Gasteiger partial charge in [0.2, 0.25) is 0 Å². The van der Waals surface area contributed by atoms with Crippen molar-refractivity contribution < 1.29 is 20.3 Å². The summed E-state index contributed by atoms with van der Waals surface area (Å²) in [5, 5.41) is 31.2. The van der Waals surface area contributed by atoms with Crippen LogP contribution in [0.5, 0.6) is 0 Å². The number of amides is 1. The van der Waals surface area contributed by atoms with Crippen molar-refractivity contribution in [2.24, 2.45) is 0 Å². The minimum atomic E-state index is -1.27. The van der Waals surface area contributed by atoms with Crippen molar-refractivity contribution in [2.75, 3.05) is 19.6 Å². The molecule has 0 unspecified atom stereocenters. The summed E-state index contributed by atoms with van der Waals surface area (Å²) in [5.74, 6) is -0.806. The topological polar surface area (TPSA) is 84.2 Å². The fourth-order valence-corrected chi connectivity index (χ4v) is 5.07. The van der Waals surface area contributed by atoms with E-state index in [1.54, 1.807) is 12.1 Å². The Morgan fingerprint density at radius 2 is 1.38 bits per heavy atom. The van der Waals surface area contributed by atoms with Crippen molar-refractivity contribution in [1.82, 2.24) is 10.1 Å². The maximum atomic E-state index is 13.3. The smallest absolute Gasteiger partial charge is 0.287 e. The molecule has 3 N–H and O–H groups in total. The number of hydrogen-bond acceptors (Lipinski definition) is 5. The number of benzene rings is 3. The number of carbonyl (C=O) groups excluding carboxylic acids is 1. The van der Waals surface area contributed by atoms with Crippen LogP contribution in [0.25, 0.3) is 0 Å². The molecule has 0 radical (unpaired) electrons. The van der Waals surface area contributed by atoms with Gasteiger partial charge in [-0.25, -0.2) is 0 Å². The van der Waals surface area contributed by atoms with Gasteiger partial charge in [-0.05, 0) is 54.6 Å². The lowest BCUT2D eigenvalue weighted by atomic mass is 9.71. The molecule has 1 amide bonds. The number of piperidine rings is 1. The van der Waals surface area contributed by atoms with Crippen molar-refractivity contribution in [3.63, 3.8) is 0 Å². The number of carbonyl (C=O) groups is 1. The van der Waals surface area contributed by atoms with Crippen LogP contribution in [0.1, 0.15) is 36.0 Å². The molecule has 0 spiro atoms. The number of hydroxylamine groups is 2. The molecule has 1 aliphatic heterocycles. The molecule has 0 saturated carbocycles. The van der Waals surface area contributed by atoms with E-state index in [2.05, 4.69) is 4.90 Å². The quantitative estimate of drug-likeness (QED) is 0.340. The molecule has 1 saturated heterocycles. The van der Waals surface area contributed by atoms with Gasteiger partial charge in [-0.1, -0.05) is 89.6 Å². The summed E-state index contributed by atoms with van der Waals surface area (Å²) in [7, 11) is 0. The van der Waals surface area contributed by atoms with Gasteiger partial charge in [0.05, 0.1) is 5.60 Å². The second-order valence-corrected chi connectivity index (χ2v) is 9.30. The van der Waals surface area contributed by atoms with Gasteiger partial charge < -0.3 is 10.0 Å². The van der Waals surface area contributed by atoms with Gasteiger partial charge in [0.15, 0.2) is 0 Å². The summed E-state index contributed by atoms with van der Waals surface area (Å²) < 4.78 is 0. The highest BCUT2D eigenvalue weighted by Crippen LogP contribution is 2.39. The summed E-state index contributed by atoms with van der Waals surface area (Å²) in [6, 6.07) is 25.7. The maximum Gasteiger partial charge on any atom is 0.287 e. The number of likely N-dealkylation sites (tertiary alicyclic amines) is 1. The zero-order chi connectivity index (χ0) is 24.2. The molecule has 0 aliphatic carbocycles. The zero-order valence-corrected chi connectivity index (χ0v) is 19.6. The van der Waals surface area contributed by atoms with E-state index >= 15 is 0 Å². The van der Waals surface area contributed by atoms with Crippen molar-refractivity contribution in [3.05, 3.63) is 107 Å². The summed E-state index contributed by atoms with van der Waals surface area (Å²) in [4.78, 5) is 15.5. The molecule has 1 fully saturated rings. The summed E-state index contributed by atoms with van der Waals surface area (Å²) in [6.07, 6.45) is 1.45. The predicted octanol–water partition coefficient (Wildman–Crippen LogP) is 4.61. The third-order valence-electron chi connectivity index (χ3n) is 6.95. The number of rotatable bonds is 7. The normalized spacial score (nSPS) is 16.2. The third-order valence-corrected chi connectivity index (χ3v) is 7.20. The van der Waals surface area contributed by atoms with Crippen LogP contribution in [0.15, 0.2) is 84.9 Å². The molecule has 1 heterocycles. The Labute approximate surface area is 204 Å². The van der Waals surface area contributed by atoms with E-state index in [1.165, 1.54) is 0 Å². The van der Waals surface area contributed by atoms with Gasteiger partial charge in [0.1, 0.15) is 5.41 Å². The summed E-state index contributed by atoms with van der Waals surface area (Å²) >= 11 is 6.00. The van der Waals surface area contributed by atoms with Crippen molar-refractivity contribution >= 4 is 17.5 Å². The molecule has 6 nitrogen and oxygen atoms in total. The number of nitrogens with zero attached hydrogens (tertiary/aromatic N) is 2. The molecule has 1 aliphatic rings. The first-order valence-electron chi connectivity index (χ1n) is 11.4. The largest absolute Gasteiger partial charge is 0.385 e. The first kappa shape index (κ1) is 24.4. The van der Waals surface area contributed by atoms with E-state index in [1.807, 2.05) is 72.8 Å². The SMILES string of the molecule is O=C(N(O)O)C(CCN1CCC(O)(c2ccc(Cl)cc2)CC1)(c1ccccc1)c1ccccc1. The second-order valence-electron chi connectivity index (χ2n) is 8.86. The van der Waals surface area contributed by atoms with Gasteiger partial charge in [0, 0.05) is 18.1 Å². The molecule has 3 aromatic carbocycles. The fraction of sp³-hybridized carbons (Fsp3) is 0.296. The summed E-state index contributed by atoms with van der Waals surface area (Å²) in [5.41, 5.74) is 0.0457. The highest BCUT2D eigenvalue weighted by atomic mass is 35.5. The van der Waals surface area contributed by atoms with Crippen LogP contribution in [0.3, 0.4) is 0 Å². The first-order chi connectivity index (χ1) is 16.3.